The van der Waals surface area contributed by atoms with Crippen LogP contribution < -0.4 is 20.1 Å². The monoisotopic (exact) mass is 503 g/mol. The number of carbonyl (C=O) groups excluding carboxylic acids is 1. The molecule has 0 aliphatic carbocycles. The Morgan fingerprint density at radius 1 is 1.26 bits per heavy atom. The van der Waals surface area contributed by atoms with Crippen LogP contribution in [0, 0.1) is 11.6 Å². The van der Waals surface area contributed by atoms with Crippen molar-refractivity contribution in [2.24, 2.45) is 0 Å². The third-order valence-electron chi connectivity index (χ3n) is 5.86. The fraction of sp³-hybridized carbons (Fsp3) is 0.280. The van der Waals surface area contributed by atoms with Crippen molar-refractivity contribution in [2.45, 2.75) is 12.0 Å². The molecule has 1 aliphatic heterocycles. The van der Waals surface area contributed by atoms with Crippen LogP contribution in [-0.2, 0) is 12.0 Å². The van der Waals surface area contributed by atoms with Gasteiger partial charge in [-0.15, -0.1) is 0 Å². The molecular weight excluding hydrogens is 480 g/mol. The number of nitrogens with one attached hydrogen (secondary N) is 2. The summed E-state index contributed by atoms with van der Waals surface area (Å²) in [5.41, 5.74) is -0.0627. The number of amides is 1. The van der Waals surface area contributed by atoms with Crippen molar-refractivity contribution in [3.63, 3.8) is 0 Å². The molecule has 184 valence electrons. The number of rotatable bonds is 8. The summed E-state index contributed by atoms with van der Waals surface area (Å²) in [7, 11) is 3.15. The number of aromatic nitrogens is 1. The molecule has 0 radical (unpaired) electrons. The predicted molar refractivity (Wildman–Crippen MR) is 127 cm³/mol. The number of likely N-dealkylation sites (N-methyl/N-ethyl adjacent to an activating group) is 1. The minimum absolute atomic E-state index is 0.0112. The largest absolute Gasteiger partial charge is 0.480 e. The zero-order chi connectivity index (χ0) is 25.2. The highest BCUT2D eigenvalue weighted by atomic mass is 35.5. The van der Waals surface area contributed by atoms with Crippen molar-refractivity contribution < 1.29 is 28.2 Å². The third kappa shape index (κ3) is 4.42. The van der Waals surface area contributed by atoms with Gasteiger partial charge in [-0.1, -0.05) is 41.9 Å². The summed E-state index contributed by atoms with van der Waals surface area (Å²) in [4.78, 5) is 16.5. The summed E-state index contributed by atoms with van der Waals surface area (Å²) in [6.45, 7) is -0.225. The first-order chi connectivity index (χ1) is 16.9. The van der Waals surface area contributed by atoms with E-state index in [9.17, 15) is 4.79 Å². The van der Waals surface area contributed by atoms with E-state index >= 15 is 8.78 Å². The maximum absolute atomic E-state index is 15.8. The minimum Gasteiger partial charge on any atom is -0.480 e. The number of carbonyl (C=O) groups is 1. The standard InChI is InChI=1S/C25H24ClF2N3O4/c1-29-13-25(14-6-4-3-5-7-14)11-15-18(35-25)10-17(27)21(26)19(15)20-16(23(33)30-2)12-31-24(22(20)28)34-9-8-32/h3-7,10,12,29,32H,8-9,11,13H2,1-2H3,(H,30,33). The molecule has 1 aromatic heterocycles. The van der Waals surface area contributed by atoms with Crippen molar-refractivity contribution >= 4 is 17.5 Å². The number of aliphatic hydroxyl groups is 1. The van der Waals surface area contributed by atoms with Crippen LogP contribution in [-0.4, -0.2) is 49.9 Å². The van der Waals surface area contributed by atoms with Crippen molar-refractivity contribution in [3.05, 3.63) is 75.9 Å². The Kier molecular flexibility index (Phi) is 7.20. The summed E-state index contributed by atoms with van der Waals surface area (Å²) < 4.78 is 42.4. The van der Waals surface area contributed by atoms with Crippen LogP contribution in [0.25, 0.3) is 11.1 Å². The highest BCUT2D eigenvalue weighted by molar-refractivity contribution is 6.34. The lowest BCUT2D eigenvalue weighted by molar-refractivity contribution is 0.0940. The summed E-state index contributed by atoms with van der Waals surface area (Å²) in [5, 5.41) is 14.3. The number of nitrogens with zero attached hydrogens (tertiary/aromatic N) is 1. The molecule has 0 spiro atoms. The molecule has 4 rings (SSSR count). The first-order valence-electron chi connectivity index (χ1n) is 10.9. The fourth-order valence-corrected chi connectivity index (χ4v) is 4.62. The Bertz CT molecular complexity index is 1260. The molecule has 1 unspecified atom stereocenters. The summed E-state index contributed by atoms with van der Waals surface area (Å²) in [6.07, 6.45) is 1.36. The molecule has 10 heteroatoms. The van der Waals surface area contributed by atoms with Gasteiger partial charge in [-0.25, -0.2) is 13.8 Å². The number of hydrogen-bond acceptors (Lipinski definition) is 6. The Balaban J connectivity index is 1.98. The number of fused-ring (bicyclic) bond motifs is 1. The number of hydrogen-bond donors (Lipinski definition) is 3. The van der Waals surface area contributed by atoms with Crippen LogP contribution in [0.4, 0.5) is 8.78 Å². The molecular formula is C25H24ClF2N3O4. The van der Waals surface area contributed by atoms with Gasteiger partial charge in [0.05, 0.1) is 17.2 Å². The van der Waals surface area contributed by atoms with Gasteiger partial charge in [0.1, 0.15) is 18.2 Å². The van der Waals surface area contributed by atoms with Crippen LogP contribution in [0.2, 0.25) is 5.02 Å². The Morgan fingerprint density at radius 3 is 2.66 bits per heavy atom. The van der Waals surface area contributed by atoms with E-state index in [1.165, 1.54) is 13.1 Å². The normalized spacial score (nSPS) is 16.5. The van der Waals surface area contributed by atoms with Gasteiger partial charge in [-0.05, 0) is 12.6 Å². The van der Waals surface area contributed by atoms with E-state index in [0.29, 0.717) is 12.1 Å². The van der Waals surface area contributed by atoms with E-state index in [1.54, 1.807) is 7.05 Å². The highest BCUT2D eigenvalue weighted by Crippen LogP contribution is 2.50. The van der Waals surface area contributed by atoms with Crippen LogP contribution in [0.1, 0.15) is 21.5 Å². The smallest absolute Gasteiger partial charge is 0.253 e. The molecule has 0 saturated heterocycles. The molecule has 3 aromatic rings. The number of benzene rings is 2. The molecule has 1 amide bonds. The van der Waals surface area contributed by atoms with Crippen molar-refractivity contribution in [2.75, 3.05) is 33.9 Å². The van der Waals surface area contributed by atoms with Gasteiger partial charge < -0.3 is 25.2 Å². The lowest BCUT2D eigenvalue weighted by atomic mass is 9.85. The fourth-order valence-electron chi connectivity index (χ4n) is 4.35. The van der Waals surface area contributed by atoms with Crippen molar-refractivity contribution in [1.82, 2.24) is 15.6 Å². The molecule has 0 bridgehead atoms. The zero-order valence-electron chi connectivity index (χ0n) is 19.1. The molecule has 0 fully saturated rings. The number of ether oxygens (including phenoxy) is 2. The molecule has 3 N–H and O–H groups in total. The zero-order valence-corrected chi connectivity index (χ0v) is 19.9. The van der Waals surface area contributed by atoms with E-state index in [1.807, 2.05) is 30.3 Å². The minimum atomic E-state index is -1.000. The van der Waals surface area contributed by atoms with E-state index in [2.05, 4.69) is 15.6 Å². The van der Waals surface area contributed by atoms with Gasteiger partial charge in [0.15, 0.2) is 11.4 Å². The van der Waals surface area contributed by atoms with E-state index in [0.717, 1.165) is 11.8 Å². The van der Waals surface area contributed by atoms with Crippen LogP contribution >= 0.6 is 11.6 Å². The summed E-state index contributed by atoms with van der Waals surface area (Å²) in [5.74, 6) is -2.72. The van der Waals surface area contributed by atoms with Crippen LogP contribution in [0.15, 0.2) is 42.6 Å². The van der Waals surface area contributed by atoms with Crippen LogP contribution in [0.5, 0.6) is 11.6 Å². The SMILES string of the molecule is CNCC1(c2ccccc2)Cc2c(cc(F)c(Cl)c2-c2c(C(=O)NC)cnc(OCCO)c2F)O1. The van der Waals surface area contributed by atoms with E-state index in [-0.39, 0.29) is 47.1 Å². The van der Waals surface area contributed by atoms with Gasteiger partial charge in [0.25, 0.3) is 11.8 Å². The predicted octanol–water partition coefficient (Wildman–Crippen LogP) is 3.46. The van der Waals surface area contributed by atoms with Gasteiger partial charge in [-0.3, -0.25) is 4.79 Å². The Morgan fingerprint density at radius 2 is 2.00 bits per heavy atom. The molecule has 7 nitrogen and oxygen atoms in total. The summed E-state index contributed by atoms with van der Waals surface area (Å²) in [6, 6.07) is 10.6. The highest BCUT2D eigenvalue weighted by Gasteiger charge is 2.44. The van der Waals surface area contributed by atoms with E-state index in [4.69, 9.17) is 26.2 Å². The lowest BCUT2D eigenvalue weighted by Crippen LogP contribution is -2.41. The average molecular weight is 504 g/mol. The topological polar surface area (TPSA) is 92.7 Å². The van der Waals surface area contributed by atoms with Gasteiger partial charge >= 0.3 is 0 Å². The quantitative estimate of drug-likeness (QED) is 0.436. The number of pyridine rings is 1. The number of halogens is 3. The molecule has 1 aliphatic rings. The first-order valence-corrected chi connectivity index (χ1v) is 11.3. The van der Waals surface area contributed by atoms with Crippen molar-refractivity contribution in [3.8, 4) is 22.8 Å². The number of aliphatic hydroxyl groups excluding tert-OH is 1. The van der Waals surface area contributed by atoms with Gasteiger partial charge in [0.2, 0.25) is 0 Å². The third-order valence-corrected chi connectivity index (χ3v) is 6.22. The lowest BCUT2D eigenvalue weighted by Gasteiger charge is -2.29. The van der Waals surface area contributed by atoms with Crippen molar-refractivity contribution in [1.29, 1.82) is 0 Å². The Hall–Kier alpha value is -3.27. The Labute approximate surface area is 206 Å². The van der Waals surface area contributed by atoms with Gasteiger partial charge in [0, 0.05) is 49.0 Å². The molecule has 1 atom stereocenters. The molecule has 2 heterocycles. The summed E-state index contributed by atoms with van der Waals surface area (Å²) >= 11 is 6.43. The first kappa shape index (κ1) is 24.8. The second-order valence-electron chi connectivity index (χ2n) is 8.01. The van der Waals surface area contributed by atoms with E-state index < -0.39 is 29.0 Å². The average Bonchev–Trinajstić information content (AvgIpc) is 3.23. The maximum atomic E-state index is 15.8. The van der Waals surface area contributed by atoms with Crippen LogP contribution in [0.3, 0.4) is 0 Å². The second kappa shape index (κ2) is 10.2. The molecule has 0 saturated carbocycles. The molecule has 2 aromatic carbocycles. The maximum Gasteiger partial charge on any atom is 0.253 e. The molecule has 35 heavy (non-hydrogen) atoms. The van der Waals surface area contributed by atoms with Gasteiger partial charge in [-0.2, -0.15) is 0 Å². The second-order valence-corrected chi connectivity index (χ2v) is 8.39.